The van der Waals surface area contributed by atoms with Crippen LogP contribution in [0.5, 0.6) is 11.5 Å². The number of imidazole rings is 1. The lowest BCUT2D eigenvalue weighted by atomic mass is 10.1. The van der Waals surface area contributed by atoms with E-state index < -0.39 is 0 Å². The SMILES string of the molecule is CN(CCCc1nccn1C)Cc1ccc2c(c1)OCCO2. The predicted octanol–water partition coefficient (Wildman–Crippen LogP) is 2.26. The zero-order chi connectivity index (χ0) is 15.4. The van der Waals surface area contributed by atoms with Crippen molar-refractivity contribution in [1.82, 2.24) is 14.5 Å². The summed E-state index contributed by atoms with van der Waals surface area (Å²) in [6.45, 7) is 3.23. The second-order valence-electron chi connectivity index (χ2n) is 5.77. The molecule has 0 spiro atoms. The highest BCUT2D eigenvalue weighted by molar-refractivity contribution is 5.43. The fraction of sp³-hybridized carbons (Fsp3) is 0.471. The lowest BCUT2D eigenvalue weighted by Crippen LogP contribution is -2.20. The number of nitrogens with zero attached hydrogens (tertiary/aromatic N) is 3. The Hall–Kier alpha value is -2.01. The standard InChI is InChI=1S/C17H23N3O2/c1-19(8-3-4-17-18-7-9-20(17)2)13-14-5-6-15-16(12-14)22-11-10-21-15/h5-7,9,12H,3-4,8,10-11,13H2,1-2H3. The van der Waals surface area contributed by atoms with Crippen molar-refractivity contribution < 1.29 is 9.47 Å². The summed E-state index contributed by atoms with van der Waals surface area (Å²) >= 11 is 0. The summed E-state index contributed by atoms with van der Waals surface area (Å²) in [5.74, 6) is 2.87. The maximum atomic E-state index is 5.63. The van der Waals surface area contributed by atoms with E-state index in [0.717, 1.165) is 43.3 Å². The highest BCUT2D eigenvalue weighted by atomic mass is 16.6. The van der Waals surface area contributed by atoms with E-state index in [4.69, 9.17) is 9.47 Å². The van der Waals surface area contributed by atoms with Gasteiger partial charge in [0, 0.05) is 32.4 Å². The number of hydrogen-bond acceptors (Lipinski definition) is 4. The van der Waals surface area contributed by atoms with Gasteiger partial charge in [-0.3, -0.25) is 0 Å². The van der Waals surface area contributed by atoms with Crippen molar-refractivity contribution in [3.8, 4) is 11.5 Å². The Labute approximate surface area is 131 Å². The van der Waals surface area contributed by atoms with Crippen molar-refractivity contribution in [2.75, 3.05) is 26.8 Å². The molecule has 0 radical (unpaired) electrons. The topological polar surface area (TPSA) is 39.5 Å². The number of hydrogen-bond donors (Lipinski definition) is 0. The smallest absolute Gasteiger partial charge is 0.161 e. The van der Waals surface area contributed by atoms with Crippen LogP contribution >= 0.6 is 0 Å². The van der Waals surface area contributed by atoms with E-state index in [0.29, 0.717) is 13.2 Å². The molecule has 3 rings (SSSR count). The predicted molar refractivity (Wildman–Crippen MR) is 85.3 cm³/mol. The van der Waals surface area contributed by atoms with E-state index in [1.54, 1.807) is 0 Å². The molecule has 0 fully saturated rings. The number of fused-ring (bicyclic) bond motifs is 1. The molecule has 118 valence electrons. The Morgan fingerprint density at radius 2 is 2.05 bits per heavy atom. The molecule has 2 aromatic rings. The van der Waals surface area contributed by atoms with Crippen LogP contribution in [-0.4, -0.2) is 41.3 Å². The molecule has 5 nitrogen and oxygen atoms in total. The van der Waals surface area contributed by atoms with Gasteiger partial charge in [0.1, 0.15) is 19.0 Å². The van der Waals surface area contributed by atoms with E-state index >= 15 is 0 Å². The Kier molecular flexibility index (Phi) is 4.63. The Bertz CT molecular complexity index is 624. The van der Waals surface area contributed by atoms with Crippen LogP contribution in [-0.2, 0) is 20.0 Å². The summed E-state index contributed by atoms with van der Waals surface area (Å²) in [7, 11) is 4.19. The van der Waals surface area contributed by atoms with Crippen LogP contribution in [0.2, 0.25) is 0 Å². The number of ether oxygens (including phenoxy) is 2. The van der Waals surface area contributed by atoms with Crippen LogP contribution in [0.3, 0.4) is 0 Å². The quantitative estimate of drug-likeness (QED) is 0.820. The molecule has 0 unspecified atom stereocenters. The van der Waals surface area contributed by atoms with Crippen molar-refractivity contribution in [3.05, 3.63) is 42.0 Å². The fourth-order valence-corrected chi connectivity index (χ4v) is 2.72. The van der Waals surface area contributed by atoms with Crippen LogP contribution in [0.1, 0.15) is 17.8 Å². The van der Waals surface area contributed by atoms with Crippen molar-refractivity contribution in [2.24, 2.45) is 7.05 Å². The van der Waals surface area contributed by atoms with Crippen molar-refractivity contribution >= 4 is 0 Å². The lowest BCUT2D eigenvalue weighted by molar-refractivity contribution is 0.171. The first kappa shape index (κ1) is 14.9. The molecule has 1 aliphatic rings. The van der Waals surface area contributed by atoms with E-state index in [-0.39, 0.29) is 0 Å². The summed E-state index contributed by atoms with van der Waals surface area (Å²) in [5, 5.41) is 0. The van der Waals surface area contributed by atoms with Gasteiger partial charge < -0.3 is 18.9 Å². The molecule has 1 aromatic carbocycles. The third kappa shape index (κ3) is 3.60. The first-order valence-corrected chi connectivity index (χ1v) is 7.75. The van der Waals surface area contributed by atoms with Gasteiger partial charge in [-0.2, -0.15) is 0 Å². The molecule has 0 atom stereocenters. The second kappa shape index (κ2) is 6.83. The molecular weight excluding hydrogens is 278 g/mol. The summed E-state index contributed by atoms with van der Waals surface area (Å²) in [4.78, 5) is 6.69. The molecule has 1 aliphatic heterocycles. The average Bonchev–Trinajstić information content (AvgIpc) is 2.92. The monoisotopic (exact) mass is 301 g/mol. The van der Waals surface area contributed by atoms with Gasteiger partial charge in [0.05, 0.1) is 0 Å². The normalized spacial score (nSPS) is 13.6. The van der Waals surface area contributed by atoms with Gasteiger partial charge in [0.25, 0.3) is 0 Å². The van der Waals surface area contributed by atoms with E-state index in [9.17, 15) is 0 Å². The minimum absolute atomic E-state index is 0.635. The first-order valence-electron chi connectivity index (χ1n) is 7.75. The largest absolute Gasteiger partial charge is 0.486 e. The maximum absolute atomic E-state index is 5.63. The highest BCUT2D eigenvalue weighted by Crippen LogP contribution is 2.31. The van der Waals surface area contributed by atoms with E-state index in [1.807, 2.05) is 25.5 Å². The molecule has 0 N–H and O–H groups in total. The minimum Gasteiger partial charge on any atom is -0.486 e. The molecule has 22 heavy (non-hydrogen) atoms. The zero-order valence-corrected chi connectivity index (χ0v) is 13.3. The van der Waals surface area contributed by atoms with E-state index in [2.05, 4.69) is 33.6 Å². The third-order valence-electron chi connectivity index (χ3n) is 3.92. The fourth-order valence-electron chi connectivity index (χ4n) is 2.72. The molecular formula is C17H23N3O2. The van der Waals surface area contributed by atoms with Crippen LogP contribution < -0.4 is 9.47 Å². The molecule has 2 heterocycles. The molecule has 0 amide bonds. The van der Waals surface area contributed by atoms with Gasteiger partial charge in [-0.05, 0) is 37.7 Å². The third-order valence-corrected chi connectivity index (χ3v) is 3.92. The number of aromatic nitrogens is 2. The molecule has 0 saturated heterocycles. The van der Waals surface area contributed by atoms with Gasteiger partial charge in [-0.15, -0.1) is 0 Å². The molecule has 1 aromatic heterocycles. The molecule has 0 bridgehead atoms. The summed E-state index contributed by atoms with van der Waals surface area (Å²) in [6.07, 6.45) is 5.96. The van der Waals surface area contributed by atoms with Crippen LogP contribution in [0.15, 0.2) is 30.6 Å². The van der Waals surface area contributed by atoms with Crippen LogP contribution in [0.25, 0.3) is 0 Å². The molecule has 0 aliphatic carbocycles. The van der Waals surface area contributed by atoms with Crippen molar-refractivity contribution in [1.29, 1.82) is 0 Å². The first-order chi connectivity index (χ1) is 10.7. The van der Waals surface area contributed by atoms with Crippen LogP contribution in [0.4, 0.5) is 0 Å². The average molecular weight is 301 g/mol. The Balaban J connectivity index is 1.49. The summed E-state index contributed by atoms with van der Waals surface area (Å²) in [6, 6.07) is 6.21. The number of aryl methyl sites for hydroxylation is 2. The van der Waals surface area contributed by atoms with Crippen molar-refractivity contribution in [2.45, 2.75) is 19.4 Å². The summed E-state index contributed by atoms with van der Waals surface area (Å²) < 4.78 is 13.3. The highest BCUT2D eigenvalue weighted by Gasteiger charge is 2.12. The zero-order valence-electron chi connectivity index (χ0n) is 13.3. The summed E-state index contributed by atoms with van der Waals surface area (Å²) in [5.41, 5.74) is 1.25. The van der Waals surface area contributed by atoms with Gasteiger partial charge in [-0.25, -0.2) is 4.98 Å². The van der Waals surface area contributed by atoms with Crippen molar-refractivity contribution in [3.63, 3.8) is 0 Å². The Morgan fingerprint density at radius 3 is 2.82 bits per heavy atom. The van der Waals surface area contributed by atoms with Gasteiger partial charge in [0.15, 0.2) is 11.5 Å². The van der Waals surface area contributed by atoms with Crippen LogP contribution in [0, 0.1) is 0 Å². The number of rotatable bonds is 6. The van der Waals surface area contributed by atoms with Gasteiger partial charge in [0.2, 0.25) is 0 Å². The molecule has 0 saturated carbocycles. The second-order valence-corrected chi connectivity index (χ2v) is 5.77. The number of benzene rings is 1. The lowest BCUT2D eigenvalue weighted by Gasteiger charge is -2.21. The maximum Gasteiger partial charge on any atom is 0.161 e. The molecule has 5 heteroatoms. The minimum atomic E-state index is 0.635. The Morgan fingerprint density at radius 1 is 1.23 bits per heavy atom. The van der Waals surface area contributed by atoms with E-state index in [1.165, 1.54) is 5.56 Å². The van der Waals surface area contributed by atoms with Gasteiger partial charge >= 0.3 is 0 Å². The van der Waals surface area contributed by atoms with Gasteiger partial charge in [-0.1, -0.05) is 6.07 Å².